The molecule has 2 heteroatoms. The molecule has 56 valence electrons. The first kappa shape index (κ1) is 6.40. The summed E-state index contributed by atoms with van der Waals surface area (Å²) in [6, 6.07) is 2.02. The second kappa shape index (κ2) is 2.38. The van der Waals surface area contributed by atoms with E-state index in [1.165, 1.54) is 11.3 Å². The average molecular weight is 147 g/mol. The van der Waals surface area contributed by atoms with Gasteiger partial charge in [0.25, 0.3) is 0 Å². The first-order valence-electron chi connectivity index (χ1n) is 3.70. The monoisotopic (exact) mass is 147 g/mol. The number of rotatable bonds is 1. The number of carbonyl (C=O) groups is 1. The molecular weight excluding hydrogens is 138 g/mol. The van der Waals surface area contributed by atoms with Gasteiger partial charge >= 0.3 is 0 Å². The standard InChI is InChI=1S/C9H9NO/c11-6-7-1-2-8-3-4-10-9(8)5-7/h1-4,6-7,10H,5H2. The highest BCUT2D eigenvalue weighted by Gasteiger charge is 2.12. The lowest BCUT2D eigenvalue weighted by atomic mass is 9.96. The first-order chi connectivity index (χ1) is 5.40. The van der Waals surface area contributed by atoms with Crippen LogP contribution in [0.5, 0.6) is 0 Å². The molecule has 0 bridgehead atoms. The molecule has 1 aromatic rings. The highest BCUT2D eigenvalue weighted by molar-refractivity contribution is 5.66. The van der Waals surface area contributed by atoms with E-state index in [-0.39, 0.29) is 5.92 Å². The smallest absolute Gasteiger partial charge is 0.127 e. The summed E-state index contributed by atoms with van der Waals surface area (Å²) in [6.45, 7) is 0. The Hall–Kier alpha value is -1.31. The topological polar surface area (TPSA) is 32.9 Å². The van der Waals surface area contributed by atoms with Crippen LogP contribution in [0.25, 0.3) is 6.08 Å². The SMILES string of the molecule is O=CC1C=Cc2cc[nH]c2C1. The molecule has 1 N–H and O–H groups in total. The van der Waals surface area contributed by atoms with Crippen LogP contribution in [0.2, 0.25) is 0 Å². The molecule has 1 aliphatic rings. The van der Waals surface area contributed by atoms with Gasteiger partial charge in [0.05, 0.1) is 0 Å². The molecule has 1 aromatic heterocycles. The minimum atomic E-state index is 0.0705. The number of fused-ring (bicyclic) bond motifs is 1. The van der Waals surface area contributed by atoms with Crippen molar-refractivity contribution in [3.05, 3.63) is 29.6 Å². The Balaban J connectivity index is 2.35. The van der Waals surface area contributed by atoms with E-state index in [0.29, 0.717) is 0 Å². The molecule has 0 amide bonds. The number of hydrogen-bond donors (Lipinski definition) is 1. The fraction of sp³-hybridized carbons (Fsp3) is 0.222. The first-order valence-corrected chi connectivity index (χ1v) is 3.70. The van der Waals surface area contributed by atoms with Crippen LogP contribution in [0.1, 0.15) is 11.3 Å². The van der Waals surface area contributed by atoms with Gasteiger partial charge in [0, 0.05) is 24.2 Å². The molecule has 1 aliphatic carbocycles. The van der Waals surface area contributed by atoms with Gasteiger partial charge in [0.2, 0.25) is 0 Å². The van der Waals surface area contributed by atoms with Crippen LogP contribution in [0.15, 0.2) is 18.3 Å². The minimum absolute atomic E-state index is 0.0705. The predicted octanol–water partition coefficient (Wildman–Crippen LogP) is 1.40. The van der Waals surface area contributed by atoms with Gasteiger partial charge in [-0.1, -0.05) is 12.2 Å². The van der Waals surface area contributed by atoms with Gasteiger partial charge < -0.3 is 9.78 Å². The maximum atomic E-state index is 10.4. The number of allylic oxidation sites excluding steroid dienone is 1. The van der Waals surface area contributed by atoms with Crippen LogP contribution in [-0.4, -0.2) is 11.3 Å². The third-order valence-electron chi connectivity index (χ3n) is 2.01. The molecule has 1 heterocycles. The van der Waals surface area contributed by atoms with E-state index in [9.17, 15) is 4.79 Å². The molecule has 2 rings (SSSR count). The Morgan fingerprint density at radius 3 is 3.36 bits per heavy atom. The summed E-state index contributed by atoms with van der Waals surface area (Å²) in [4.78, 5) is 13.5. The molecule has 0 aliphatic heterocycles. The van der Waals surface area contributed by atoms with E-state index < -0.39 is 0 Å². The van der Waals surface area contributed by atoms with Crippen LogP contribution >= 0.6 is 0 Å². The molecule has 0 fully saturated rings. The number of H-pyrrole nitrogens is 1. The normalized spacial score (nSPS) is 21.3. The van der Waals surface area contributed by atoms with Crippen molar-refractivity contribution in [1.29, 1.82) is 0 Å². The molecule has 0 aromatic carbocycles. The zero-order chi connectivity index (χ0) is 7.68. The number of aromatic nitrogens is 1. The van der Waals surface area contributed by atoms with Crippen molar-refractivity contribution in [3.63, 3.8) is 0 Å². The van der Waals surface area contributed by atoms with E-state index in [4.69, 9.17) is 0 Å². The van der Waals surface area contributed by atoms with Crippen LogP contribution in [0, 0.1) is 5.92 Å². The van der Waals surface area contributed by atoms with Crippen molar-refractivity contribution in [2.45, 2.75) is 6.42 Å². The van der Waals surface area contributed by atoms with Gasteiger partial charge in [-0.25, -0.2) is 0 Å². The van der Waals surface area contributed by atoms with Crippen LogP contribution in [0.4, 0.5) is 0 Å². The van der Waals surface area contributed by atoms with Crippen LogP contribution in [0.3, 0.4) is 0 Å². The van der Waals surface area contributed by atoms with Crippen molar-refractivity contribution in [2.75, 3.05) is 0 Å². The van der Waals surface area contributed by atoms with E-state index in [0.717, 1.165) is 12.7 Å². The number of hydrogen-bond acceptors (Lipinski definition) is 1. The highest BCUT2D eigenvalue weighted by atomic mass is 16.1. The second-order valence-electron chi connectivity index (χ2n) is 2.77. The Morgan fingerprint density at radius 1 is 1.64 bits per heavy atom. The maximum Gasteiger partial charge on any atom is 0.127 e. The van der Waals surface area contributed by atoms with Crippen LogP contribution < -0.4 is 0 Å². The molecule has 0 saturated carbocycles. The van der Waals surface area contributed by atoms with Crippen molar-refractivity contribution < 1.29 is 4.79 Å². The van der Waals surface area contributed by atoms with Crippen molar-refractivity contribution in [3.8, 4) is 0 Å². The largest absolute Gasteiger partial charge is 0.364 e. The Morgan fingerprint density at radius 2 is 2.55 bits per heavy atom. The van der Waals surface area contributed by atoms with E-state index in [1.54, 1.807) is 0 Å². The predicted molar refractivity (Wildman–Crippen MR) is 43.1 cm³/mol. The molecule has 0 radical (unpaired) electrons. The highest BCUT2D eigenvalue weighted by Crippen LogP contribution is 2.19. The maximum absolute atomic E-state index is 10.4. The lowest BCUT2D eigenvalue weighted by Gasteiger charge is -2.09. The lowest BCUT2D eigenvalue weighted by molar-refractivity contribution is -0.109. The molecule has 2 nitrogen and oxygen atoms in total. The van der Waals surface area contributed by atoms with E-state index in [1.807, 2.05) is 24.4 Å². The van der Waals surface area contributed by atoms with E-state index in [2.05, 4.69) is 4.98 Å². The Labute approximate surface area is 64.9 Å². The van der Waals surface area contributed by atoms with Gasteiger partial charge in [-0.3, -0.25) is 0 Å². The third kappa shape index (κ3) is 1.00. The Bertz CT molecular complexity index is 298. The molecule has 1 atom stereocenters. The average Bonchev–Trinajstić information content (AvgIpc) is 2.50. The molecule has 0 saturated heterocycles. The zero-order valence-corrected chi connectivity index (χ0v) is 6.08. The van der Waals surface area contributed by atoms with Gasteiger partial charge in [-0.15, -0.1) is 0 Å². The zero-order valence-electron chi connectivity index (χ0n) is 6.08. The summed E-state index contributed by atoms with van der Waals surface area (Å²) in [5.41, 5.74) is 2.38. The lowest BCUT2D eigenvalue weighted by Crippen LogP contribution is -2.07. The quantitative estimate of drug-likeness (QED) is 0.598. The number of aldehydes is 1. The van der Waals surface area contributed by atoms with Gasteiger partial charge in [0.1, 0.15) is 6.29 Å². The fourth-order valence-corrected chi connectivity index (χ4v) is 1.37. The summed E-state index contributed by atoms with van der Waals surface area (Å²) in [5.74, 6) is 0.0705. The summed E-state index contributed by atoms with van der Waals surface area (Å²) >= 11 is 0. The number of nitrogens with one attached hydrogen (secondary N) is 1. The van der Waals surface area contributed by atoms with Gasteiger partial charge in [-0.2, -0.15) is 0 Å². The molecular formula is C9H9NO. The molecule has 11 heavy (non-hydrogen) atoms. The summed E-state index contributed by atoms with van der Waals surface area (Å²) < 4.78 is 0. The summed E-state index contributed by atoms with van der Waals surface area (Å²) in [5, 5.41) is 0. The van der Waals surface area contributed by atoms with Crippen molar-refractivity contribution in [2.24, 2.45) is 5.92 Å². The van der Waals surface area contributed by atoms with Gasteiger partial charge in [0.15, 0.2) is 0 Å². The molecule has 0 spiro atoms. The number of aromatic amines is 1. The molecule has 1 unspecified atom stereocenters. The second-order valence-corrected chi connectivity index (χ2v) is 2.77. The minimum Gasteiger partial charge on any atom is -0.364 e. The van der Waals surface area contributed by atoms with Crippen molar-refractivity contribution >= 4 is 12.4 Å². The summed E-state index contributed by atoms with van der Waals surface area (Å²) in [7, 11) is 0. The fourth-order valence-electron chi connectivity index (χ4n) is 1.37. The Kier molecular flexibility index (Phi) is 1.39. The third-order valence-corrected chi connectivity index (χ3v) is 2.01. The van der Waals surface area contributed by atoms with Crippen molar-refractivity contribution in [1.82, 2.24) is 4.98 Å². The summed E-state index contributed by atoms with van der Waals surface area (Å²) in [6.07, 6.45) is 7.66. The van der Waals surface area contributed by atoms with Gasteiger partial charge in [-0.05, 0) is 11.6 Å². The van der Waals surface area contributed by atoms with E-state index >= 15 is 0 Å². The number of carbonyl (C=O) groups excluding carboxylic acids is 1. The van der Waals surface area contributed by atoms with Crippen LogP contribution in [-0.2, 0) is 11.2 Å².